The Bertz CT molecular complexity index is 1090. The van der Waals surface area contributed by atoms with E-state index in [0.29, 0.717) is 54.4 Å². The number of anilines is 2. The number of nitrogens with zero attached hydrogens (tertiary/aromatic N) is 1. The first-order chi connectivity index (χ1) is 16.5. The highest BCUT2D eigenvalue weighted by atomic mass is 16.7. The number of likely N-dealkylation sites (tertiary alicyclic amines) is 1. The van der Waals surface area contributed by atoms with Gasteiger partial charge in [0, 0.05) is 23.7 Å². The van der Waals surface area contributed by atoms with Crippen LogP contribution in [0.2, 0.25) is 0 Å². The minimum Gasteiger partial charge on any atom is -0.454 e. The molecule has 0 radical (unpaired) electrons. The smallest absolute Gasteiger partial charge is 0.253 e. The van der Waals surface area contributed by atoms with Crippen LogP contribution in [0.5, 0.6) is 11.5 Å². The molecule has 0 unspecified atom stereocenters. The van der Waals surface area contributed by atoms with E-state index in [1.54, 1.807) is 42.5 Å². The fourth-order valence-corrected chi connectivity index (χ4v) is 4.25. The number of ether oxygens (including phenoxy) is 2. The zero-order valence-electron chi connectivity index (χ0n) is 18.8. The summed E-state index contributed by atoms with van der Waals surface area (Å²) >= 11 is 0. The molecule has 2 heterocycles. The summed E-state index contributed by atoms with van der Waals surface area (Å²) in [5, 5.41) is 8.79. The number of carbonyl (C=O) groups is 3. The zero-order valence-corrected chi connectivity index (χ0v) is 18.8. The Kier molecular flexibility index (Phi) is 6.35. The molecule has 0 bridgehead atoms. The Morgan fingerprint density at radius 1 is 0.912 bits per heavy atom. The minimum absolute atomic E-state index is 0.0291. The molecule has 0 atom stereocenters. The summed E-state index contributed by atoms with van der Waals surface area (Å²) in [7, 11) is 0. The van der Waals surface area contributed by atoms with Gasteiger partial charge in [-0.25, -0.2) is 0 Å². The van der Waals surface area contributed by atoms with Crippen LogP contribution in [0, 0.1) is 5.92 Å². The van der Waals surface area contributed by atoms with Crippen LogP contribution in [-0.4, -0.2) is 55.1 Å². The molecular formula is C25H28N4O5. The van der Waals surface area contributed by atoms with Crippen LogP contribution in [0.4, 0.5) is 11.4 Å². The van der Waals surface area contributed by atoms with Crippen molar-refractivity contribution in [3.8, 4) is 11.5 Å². The second-order valence-electron chi connectivity index (χ2n) is 8.95. The summed E-state index contributed by atoms with van der Waals surface area (Å²) in [5.74, 6) is 0.832. The molecule has 5 rings (SSSR count). The molecule has 3 amide bonds. The van der Waals surface area contributed by atoms with Crippen LogP contribution in [0.15, 0.2) is 42.5 Å². The maximum Gasteiger partial charge on any atom is 0.253 e. The molecular weight excluding hydrogens is 436 g/mol. The molecule has 9 heteroatoms. The normalized spacial score (nSPS) is 17.8. The van der Waals surface area contributed by atoms with Crippen molar-refractivity contribution in [3.63, 3.8) is 0 Å². The van der Waals surface area contributed by atoms with Gasteiger partial charge in [-0.2, -0.15) is 0 Å². The molecule has 34 heavy (non-hydrogen) atoms. The SMILES string of the molecule is O=C(CN1CCC(C(=O)Nc2ccc3c(c2)OCO3)CC1)Nc1ccccc1C(=O)NC1CC1. The van der Waals surface area contributed by atoms with Crippen molar-refractivity contribution in [2.45, 2.75) is 31.7 Å². The highest BCUT2D eigenvalue weighted by molar-refractivity contribution is 6.04. The van der Waals surface area contributed by atoms with E-state index in [1.165, 1.54) is 0 Å². The maximum atomic E-state index is 12.7. The van der Waals surface area contributed by atoms with Crippen molar-refractivity contribution in [1.82, 2.24) is 10.2 Å². The van der Waals surface area contributed by atoms with Crippen molar-refractivity contribution in [3.05, 3.63) is 48.0 Å². The molecule has 0 spiro atoms. The highest BCUT2D eigenvalue weighted by Crippen LogP contribution is 2.34. The average Bonchev–Trinajstić information content (AvgIpc) is 3.52. The van der Waals surface area contributed by atoms with Gasteiger partial charge in [0.1, 0.15) is 0 Å². The number of carbonyl (C=O) groups excluding carboxylic acids is 3. The third-order valence-electron chi connectivity index (χ3n) is 6.32. The Morgan fingerprint density at radius 3 is 2.47 bits per heavy atom. The van der Waals surface area contributed by atoms with Crippen LogP contribution in [0.1, 0.15) is 36.0 Å². The van der Waals surface area contributed by atoms with Crippen molar-refractivity contribution in [2.24, 2.45) is 5.92 Å². The number of nitrogens with one attached hydrogen (secondary N) is 3. The van der Waals surface area contributed by atoms with Crippen molar-refractivity contribution in [1.29, 1.82) is 0 Å². The van der Waals surface area contributed by atoms with Gasteiger partial charge in [-0.3, -0.25) is 19.3 Å². The molecule has 9 nitrogen and oxygen atoms in total. The summed E-state index contributed by atoms with van der Waals surface area (Å²) in [6.07, 6.45) is 3.35. The third-order valence-corrected chi connectivity index (χ3v) is 6.32. The molecule has 2 aliphatic heterocycles. The first kappa shape index (κ1) is 22.2. The van der Waals surface area contributed by atoms with E-state index in [2.05, 4.69) is 16.0 Å². The second kappa shape index (κ2) is 9.72. The van der Waals surface area contributed by atoms with Crippen LogP contribution in [0.3, 0.4) is 0 Å². The van der Waals surface area contributed by atoms with Gasteiger partial charge in [0.25, 0.3) is 5.91 Å². The predicted octanol–water partition coefficient (Wildman–Crippen LogP) is 2.60. The van der Waals surface area contributed by atoms with Gasteiger partial charge in [0.2, 0.25) is 18.6 Å². The van der Waals surface area contributed by atoms with E-state index < -0.39 is 0 Å². The zero-order chi connectivity index (χ0) is 23.5. The molecule has 178 valence electrons. The topological polar surface area (TPSA) is 109 Å². The molecule has 1 saturated heterocycles. The maximum absolute atomic E-state index is 12.7. The summed E-state index contributed by atoms with van der Waals surface area (Å²) in [5.41, 5.74) is 1.67. The fourth-order valence-electron chi connectivity index (χ4n) is 4.25. The molecule has 2 fully saturated rings. The standard InChI is InChI=1S/C25H28N4O5/c30-23(28-20-4-2-1-3-19(20)25(32)26-17-5-6-17)14-29-11-9-16(10-12-29)24(31)27-18-7-8-21-22(13-18)34-15-33-21/h1-4,7-8,13,16-17H,5-6,9-12,14-15H2,(H,26,32)(H,27,31)(H,28,30). The van der Waals surface area contributed by atoms with E-state index in [1.807, 2.05) is 4.90 Å². The van der Waals surface area contributed by atoms with E-state index in [0.717, 1.165) is 12.8 Å². The monoisotopic (exact) mass is 464 g/mol. The Labute approximate surface area is 197 Å². The second-order valence-corrected chi connectivity index (χ2v) is 8.95. The number of benzene rings is 2. The van der Waals surface area contributed by atoms with E-state index in [4.69, 9.17) is 9.47 Å². The molecule has 1 aliphatic carbocycles. The number of amides is 3. The third kappa shape index (κ3) is 5.31. The van der Waals surface area contributed by atoms with Gasteiger partial charge < -0.3 is 25.4 Å². The first-order valence-corrected chi connectivity index (χ1v) is 11.7. The average molecular weight is 465 g/mol. The quantitative estimate of drug-likeness (QED) is 0.581. The van der Waals surface area contributed by atoms with Gasteiger partial charge in [0.05, 0.1) is 17.8 Å². The number of hydrogen-bond donors (Lipinski definition) is 3. The van der Waals surface area contributed by atoms with Crippen molar-refractivity contribution < 1.29 is 23.9 Å². The summed E-state index contributed by atoms with van der Waals surface area (Å²) < 4.78 is 10.7. The molecule has 1 saturated carbocycles. The lowest BCUT2D eigenvalue weighted by atomic mass is 9.95. The number of piperidine rings is 1. The largest absolute Gasteiger partial charge is 0.454 e. The molecule has 0 aromatic heterocycles. The molecule has 3 N–H and O–H groups in total. The fraction of sp³-hybridized carbons (Fsp3) is 0.400. The van der Waals surface area contributed by atoms with Gasteiger partial charge in [0.15, 0.2) is 11.5 Å². The van der Waals surface area contributed by atoms with Crippen molar-refractivity contribution in [2.75, 3.05) is 37.1 Å². The van der Waals surface area contributed by atoms with Crippen molar-refractivity contribution >= 4 is 29.1 Å². The number of rotatable bonds is 7. The number of hydrogen-bond acceptors (Lipinski definition) is 6. The number of fused-ring (bicyclic) bond motifs is 1. The summed E-state index contributed by atoms with van der Waals surface area (Å²) in [6, 6.07) is 12.7. The molecule has 2 aromatic carbocycles. The van der Waals surface area contributed by atoms with Crippen LogP contribution in [-0.2, 0) is 9.59 Å². The number of para-hydroxylation sites is 1. The lowest BCUT2D eigenvalue weighted by Gasteiger charge is -2.30. The Balaban J connectivity index is 1.09. The van der Waals surface area contributed by atoms with E-state index in [-0.39, 0.29) is 43.0 Å². The first-order valence-electron chi connectivity index (χ1n) is 11.7. The van der Waals surface area contributed by atoms with E-state index >= 15 is 0 Å². The van der Waals surface area contributed by atoms with Gasteiger partial charge in [-0.05, 0) is 63.0 Å². The summed E-state index contributed by atoms with van der Waals surface area (Å²) in [6.45, 7) is 1.71. The Hall–Kier alpha value is -3.59. The van der Waals surface area contributed by atoms with Gasteiger partial charge >= 0.3 is 0 Å². The van der Waals surface area contributed by atoms with Crippen LogP contribution < -0.4 is 25.4 Å². The van der Waals surface area contributed by atoms with Crippen LogP contribution >= 0.6 is 0 Å². The van der Waals surface area contributed by atoms with Gasteiger partial charge in [-0.15, -0.1) is 0 Å². The lowest BCUT2D eigenvalue weighted by Crippen LogP contribution is -2.42. The van der Waals surface area contributed by atoms with E-state index in [9.17, 15) is 14.4 Å². The minimum atomic E-state index is -0.171. The Morgan fingerprint density at radius 2 is 1.68 bits per heavy atom. The summed E-state index contributed by atoms with van der Waals surface area (Å²) in [4.78, 5) is 39.8. The van der Waals surface area contributed by atoms with Crippen LogP contribution in [0.25, 0.3) is 0 Å². The molecule has 2 aromatic rings. The lowest BCUT2D eigenvalue weighted by molar-refractivity contribution is -0.121. The molecule has 3 aliphatic rings. The predicted molar refractivity (Wildman–Crippen MR) is 126 cm³/mol. The highest BCUT2D eigenvalue weighted by Gasteiger charge is 2.27. The van der Waals surface area contributed by atoms with Gasteiger partial charge in [-0.1, -0.05) is 12.1 Å².